The standard InChI is InChI=1S/C8H12N4O3S/c13-6(5-2-16-3-10-5)9-1-4-7(14)12-8(15)11-4/h4-5,10H,1-3H2,(H,9,13)(H2,11,12,14,15). The van der Waals surface area contributed by atoms with Crippen LogP contribution < -0.4 is 21.3 Å². The van der Waals surface area contributed by atoms with Crippen LogP contribution in [0.4, 0.5) is 4.79 Å². The van der Waals surface area contributed by atoms with E-state index in [0.29, 0.717) is 0 Å². The Morgan fingerprint density at radius 3 is 2.88 bits per heavy atom. The van der Waals surface area contributed by atoms with E-state index in [1.165, 1.54) is 0 Å². The second kappa shape index (κ2) is 4.71. The number of nitrogens with one attached hydrogen (secondary N) is 4. The number of hydrogen-bond donors (Lipinski definition) is 4. The van der Waals surface area contributed by atoms with E-state index in [-0.39, 0.29) is 18.5 Å². The monoisotopic (exact) mass is 244 g/mol. The quantitative estimate of drug-likeness (QED) is 0.429. The maximum absolute atomic E-state index is 11.6. The molecule has 2 heterocycles. The van der Waals surface area contributed by atoms with Gasteiger partial charge in [0.2, 0.25) is 5.91 Å². The summed E-state index contributed by atoms with van der Waals surface area (Å²) >= 11 is 1.65. The van der Waals surface area contributed by atoms with Crippen molar-refractivity contribution >= 4 is 29.6 Å². The molecule has 2 aliphatic rings. The van der Waals surface area contributed by atoms with Crippen molar-refractivity contribution < 1.29 is 14.4 Å². The van der Waals surface area contributed by atoms with Crippen molar-refractivity contribution in [1.82, 2.24) is 21.3 Å². The van der Waals surface area contributed by atoms with Crippen molar-refractivity contribution in [2.24, 2.45) is 0 Å². The molecule has 0 spiro atoms. The number of amides is 4. The molecular weight excluding hydrogens is 232 g/mol. The van der Waals surface area contributed by atoms with E-state index in [4.69, 9.17) is 0 Å². The second-order valence-corrected chi connectivity index (χ2v) is 4.56. The van der Waals surface area contributed by atoms with Gasteiger partial charge in [-0.25, -0.2) is 4.79 Å². The third-order valence-corrected chi connectivity index (χ3v) is 3.31. The van der Waals surface area contributed by atoms with Gasteiger partial charge in [-0.05, 0) is 0 Å². The lowest BCUT2D eigenvalue weighted by atomic mass is 10.2. The third kappa shape index (κ3) is 2.45. The molecule has 88 valence electrons. The van der Waals surface area contributed by atoms with Gasteiger partial charge in [0, 0.05) is 18.2 Å². The SMILES string of the molecule is O=C1NC(=O)C(CNC(=O)C2CSCN2)N1. The molecular formula is C8H12N4O3S. The predicted octanol–water partition coefficient (Wildman–Crippen LogP) is -2.03. The van der Waals surface area contributed by atoms with Gasteiger partial charge in [-0.2, -0.15) is 0 Å². The zero-order valence-corrected chi connectivity index (χ0v) is 9.23. The Kier molecular flexibility index (Phi) is 3.30. The average molecular weight is 244 g/mol. The molecule has 0 bridgehead atoms. The van der Waals surface area contributed by atoms with Gasteiger partial charge in [-0.1, -0.05) is 0 Å². The lowest BCUT2D eigenvalue weighted by molar-refractivity contribution is -0.123. The van der Waals surface area contributed by atoms with Crippen LogP contribution in [0.15, 0.2) is 0 Å². The molecule has 2 unspecified atom stereocenters. The van der Waals surface area contributed by atoms with Crippen LogP contribution in [0.3, 0.4) is 0 Å². The van der Waals surface area contributed by atoms with Crippen molar-refractivity contribution in [2.75, 3.05) is 18.2 Å². The summed E-state index contributed by atoms with van der Waals surface area (Å²) in [4.78, 5) is 33.5. The number of imide groups is 1. The van der Waals surface area contributed by atoms with Gasteiger partial charge >= 0.3 is 6.03 Å². The fourth-order valence-electron chi connectivity index (χ4n) is 1.49. The molecule has 8 heteroatoms. The highest BCUT2D eigenvalue weighted by molar-refractivity contribution is 7.99. The molecule has 0 saturated carbocycles. The van der Waals surface area contributed by atoms with Crippen LogP contribution in [0.1, 0.15) is 0 Å². The number of rotatable bonds is 3. The van der Waals surface area contributed by atoms with Crippen molar-refractivity contribution in [3.8, 4) is 0 Å². The van der Waals surface area contributed by atoms with Crippen LogP contribution in [0.5, 0.6) is 0 Å². The first-order valence-corrected chi connectivity index (χ1v) is 6.02. The number of urea groups is 1. The molecule has 0 aromatic carbocycles. The Hall–Kier alpha value is -1.28. The van der Waals surface area contributed by atoms with Crippen LogP contribution in [-0.2, 0) is 9.59 Å². The van der Waals surface area contributed by atoms with E-state index in [2.05, 4.69) is 21.3 Å². The first kappa shape index (κ1) is 11.2. The van der Waals surface area contributed by atoms with Crippen LogP contribution in [0.2, 0.25) is 0 Å². The molecule has 2 fully saturated rings. The Bertz CT molecular complexity index is 329. The van der Waals surface area contributed by atoms with E-state index in [0.717, 1.165) is 11.6 Å². The highest BCUT2D eigenvalue weighted by Crippen LogP contribution is 2.09. The zero-order valence-electron chi connectivity index (χ0n) is 8.41. The summed E-state index contributed by atoms with van der Waals surface area (Å²) < 4.78 is 0. The fourth-order valence-corrected chi connectivity index (χ4v) is 2.43. The largest absolute Gasteiger partial charge is 0.352 e. The number of hydrogen-bond acceptors (Lipinski definition) is 5. The molecule has 2 atom stereocenters. The average Bonchev–Trinajstić information content (AvgIpc) is 2.84. The molecule has 0 aromatic rings. The molecule has 0 aliphatic carbocycles. The number of thioether (sulfide) groups is 1. The molecule has 2 rings (SSSR count). The van der Waals surface area contributed by atoms with Gasteiger partial charge in [-0.15, -0.1) is 11.8 Å². The van der Waals surface area contributed by atoms with Gasteiger partial charge in [0.25, 0.3) is 5.91 Å². The molecule has 16 heavy (non-hydrogen) atoms. The van der Waals surface area contributed by atoms with E-state index in [1.54, 1.807) is 11.8 Å². The minimum absolute atomic E-state index is 0.124. The summed E-state index contributed by atoms with van der Waals surface area (Å²) in [6, 6.07) is -1.38. The normalized spacial score (nSPS) is 28.8. The van der Waals surface area contributed by atoms with Crippen molar-refractivity contribution in [2.45, 2.75) is 12.1 Å². The van der Waals surface area contributed by atoms with E-state index in [1.807, 2.05) is 0 Å². The number of carbonyl (C=O) groups excluding carboxylic acids is 3. The second-order valence-electron chi connectivity index (χ2n) is 3.53. The van der Waals surface area contributed by atoms with Crippen LogP contribution in [0.25, 0.3) is 0 Å². The maximum Gasteiger partial charge on any atom is 0.322 e. The molecule has 0 radical (unpaired) electrons. The zero-order chi connectivity index (χ0) is 11.5. The minimum atomic E-state index is -0.662. The molecule has 7 nitrogen and oxygen atoms in total. The summed E-state index contributed by atoms with van der Waals surface area (Å²) in [7, 11) is 0. The van der Waals surface area contributed by atoms with Crippen LogP contribution >= 0.6 is 11.8 Å². The third-order valence-electron chi connectivity index (χ3n) is 2.37. The van der Waals surface area contributed by atoms with Gasteiger partial charge in [-0.3, -0.25) is 20.2 Å². The lowest BCUT2D eigenvalue weighted by Crippen LogP contribution is -2.48. The molecule has 0 aromatic heterocycles. The lowest BCUT2D eigenvalue weighted by Gasteiger charge is -2.12. The Labute approximate surface area is 96.1 Å². The topological polar surface area (TPSA) is 99.3 Å². The van der Waals surface area contributed by atoms with Crippen molar-refractivity contribution in [3.05, 3.63) is 0 Å². The van der Waals surface area contributed by atoms with Gasteiger partial charge in [0.1, 0.15) is 6.04 Å². The number of carbonyl (C=O) groups is 3. The first-order chi connectivity index (χ1) is 7.66. The van der Waals surface area contributed by atoms with E-state index < -0.39 is 18.0 Å². The fraction of sp³-hybridized carbons (Fsp3) is 0.625. The highest BCUT2D eigenvalue weighted by atomic mass is 32.2. The predicted molar refractivity (Wildman–Crippen MR) is 57.7 cm³/mol. The summed E-state index contributed by atoms with van der Waals surface area (Å²) in [5, 5.41) is 10.2. The van der Waals surface area contributed by atoms with Crippen LogP contribution in [-0.4, -0.2) is 48.1 Å². The summed E-state index contributed by atoms with van der Waals surface area (Å²) in [6.45, 7) is 0.124. The molecule has 4 N–H and O–H groups in total. The van der Waals surface area contributed by atoms with Gasteiger partial charge in [0.05, 0.1) is 6.04 Å². The molecule has 2 aliphatic heterocycles. The van der Waals surface area contributed by atoms with Crippen molar-refractivity contribution in [1.29, 1.82) is 0 Å². The summed E-state index contributed by atoms with van der Waals surface area (Å²) in [5.74, 6) is 0.950. The Morgan fingerprint density at radius 2 is 2.31 bits per heavy atom. The Morgan fingerprint density at radius 1 is 1.50 bits per heavy atom. The molecule has 4 amide bonds. The van der Waals surface area contributed by atoms with Crippen LogP contribution in [0, 0.1) is 0 Å². The van der Waals surface area contributed by atoms with Crippen molar-refractivity contribution in [3.63, 3.8) is 0 Å². The highest BCUT2D eigenvalue weighted by Gasteiger charge is 2.30. The smallest absolute Gasteiger partial charge is 0.322 e. The minimum Gasteiger partial charge on any atom is -0.352 e. The maximum atomic E-state index is 11.6. The summed E-state index contributed by atoms with van der Waals surface area (Å²) in [5.41, 5.74) is 0. The van der Waals surface area contributed by atoms with Gasteiger partial charge in [0.15, 0.2) is 0 Å². The van der Waals surface area contributed by atoms with Gasteiger partial charge < -0.3 is 10.6 Å². The van der Waals surface area contributed by atoms with E-state index in [9.17, 15) is 14.4 Å². The first-order valence-electron chi connectivity index (χ1n) is 4.87. The summed E-state index contributed by atoms with van der Waals surface area (Å²) in [6.07, 6.45) is 0. The van der Waals surface area contributed by atoms with E-state index >= 15 is 0 Å². The Balaban J connectivity index is 1.76. The molecule has 2 saturated heterocycles.